The summed E-state index contributed by atoms with van der Waals surface area (Å²) in [6, 6.07) is 29.7. The van der Waals surface area contributed by atoms with E-state index in [0.717, 1.165) is 25.3 Å². The maximum absolute atomic E-state index is 5.97. The molecule has 0 spiro atoms. The highest BCUT2D eigenvalue weighted by atomic mass is 16.5. The van der Waals surface area contributed by atoms with Gasteiger partial charge in [0, 0.05) is 12.2 Å². The Labute approximate surface area is 163 Å². The standard InChI is InChI=1S/C25H29NO/c1-3-26(24-12-8-5-9-13-24)18-19-27-25-16-14-23(15-17-25)21(2)20-22-10-6-4-7-11-22/h4-17,21H,3,18-20H2,1-2H3. The molecule has 0 aromatic heterocycles. The molecule has 0 saturated heterocycles. The van der Waals surface area contributed by atoms with Gasteiger partial charge in [0.05, 0.1) is 6.54 Å². The fourth-order valence-electron chi connectivity index (χ4n) is 3.36. The number of nitrogens with zero attached hydrogens (tertiary/aromatic N) is 1. The molecule has 0 heterocycles. The Kier molecular flexibility index (Phi) is 6.92. The minimum absolute atomic E-state index is 0.495. The predicted octanol–water partition coefficient (Wildman–Crippen LogP) is 5.94. The largest absolute Gasteiger partial charge is 0.492 e. The summed E-state index contributed by atoms with van der Waals surface area (Å²) in [5.41, 5.74) is 3.98. The fourth-order valence-corrected chi connectivity index (χ4v) is 3.36. The lowest BCUT2D eigenvalue weighted by Crippen LogP contribution is -2.27. The molecule has 140 valence electrons. The zero-order valence-corrected chi connectivity index (χ0v) is 16.3. The Morgan fingerprint density at radius 2 is 1.44 bits per heavy atom. The molecule has 3 aromatic carbocycles. The molecule has 3 aromatic rings. The SMILES string of the molecule is CCN(CCOc1ccc(C(C)Cc2ccccc2)cc1)c1ccccc1. The van der Waals surface area contributed by atoms with Crippen LogP contribution in [0, 0.1) is 0 Å². The third kappa shape index (κ3) is 5.62. The molecule has 0 aliphatic rings. The monoisotopic (exact) mass is 359 g/mol. The smallest absolute Gasteiger partial charge is 0.119 e. The minimum atomic E-state index is 0.495. The summed E-state index contributed by atoms with van der Waals surface area (Å²) < 4.78 is 5.97. The van der Waals surface area contributed by atoms with Gasteiger partial charge in [0.15, 0.2) is 0 Å². The van der Waals surface area contributed by atoms with Gasteiger partial charge in [-0.15, -0.1) is 0 Å². The Hall–Kier alpha value is -2.74. The van der Waals surface area contributed by atoms with Gasteiger partial charge in [-0.25, -0.2) is 0 Å². The minimum Gasteiger partial charge on any atom is -0.492 e. The molecule has 0 aliphatic heterocycles. The number of anilines is 1. The molecule has 27 heavy (non-hydrogen) atoms. The second-order valence-electron chi connectivity index (χ2n) is 6.92. The van der Waals surface area contributed by atoms with Crippen molar-refractivity contribution < 1.29 is 4.74 Å². The maximum atomic E-state index is 5.97. The number of hydrogen-bond donors (Lipinski definition) is 0. The van der Waals surface area contributed by atoms with Crippen LogP contribution in [0.4, 0.5) is 5.69 Å². The van der Waals surface area contributed by atoms with Crippen LogP contribution in [-0.4, -0.2) is 19.7 Å². The molecule has 3 rings (SSSR count). The normalized spacial score (nSPS) is 11.8. The summed E-state index contributed by atoms with van der Waals surface area (Å²) in [7, 11) is 0. The average molecular weight is 360 g/mol. The summed E-state index contributed by atoms with van der Waals surface area (Å²) in [6.45, 7) is 7.00. The first-order chi connectivity index (χ1) is 13.3. The first kappa shape index (κ1) is 19.0. The molecular formula is C25H29NO. The highest BCUT2D eigenvalue weighted by Gasteiger charge is 2.08. The van der Waals surface area contributed by atoms with Crippen molar-refractivity contribution in [2.24, 2.45) is 0 Å². The molecule has 0 saturated carbocycles. The third-order valence-corrected chi connectivity index (χ3v) is 4.97. The molecule has 0 amide bonds. The predicted molar refractivity (Wildman–Crippen MR) is 115 cm³/mol. The third-order valence-electron chi connectivity index (χ3n) is 4.97. The van der Waals surface area contributed by atoms with Crippen LogP contribution < -0.4 is 9.64 Å². The Morgan fingerprint density at radius 1 is 0.815 bits per heavy atom. The fraction of sp³-hybridized carbons (Fsp3) is 0.280. The van der Waals surface area contributed by atoms with Gasteiger partial charge in [0.1, 0.15) is 12.4 Å². The van der Waals surface area contributed by atoms with Gasteiger partial charge in [-0.2, -0.15) is 0 Å². The number of likely N-dealkylation sites (N-methyl/N-ethyl adjacent to an activating group) is 1. The lowest BCUT2D eigenvalue weighted by molar-refractivity contribution is 0.324. The Bertz CT molecular complexity index is 784. The van der Waals surface area contributed by atoms with E-state index in [1.807, 2.05) is 6.07 Å². The molecule has 1 unspecified atom stereocenters. The maximum Gasteiger partial charge on any atom is 0.119 e. The molecule has 0 radical (unpaired) electrons. The molecular weight excluding hydrogens is 330 g/mol. The molecule has 0 bridgehead atoms. The highest BCUT2D eigenvalue weighted by Crippen LogP contribution is 2.23. The average Bonchev–Trinajstić information content (AvgIpc) is 2.73. The van der Waals surface area contributed by atoms with Gasteiger partial charge in [0.2, 0.25) is 0 Å². The lowest BCUT2D eigenvalue weighted by Gasteiger charge is -2.23. The number of rotatable bonds is 9. The number of ether oxygens (including phenoxy) is 1. The van der Waals surface area contributed by atoms with Crippen molar-refractivity contribution in [1.82, 2.24) is 0 Å². The van der Waals surface area contributed by atoms with Crippen molar-refractivity contribution in [1.29, 1.82) is 0 Å². The van der Waals surface area contributed by atoms with Crippen LogP contribution in [-0.2, 0) is 6.42 Å². The van der Waals surface area contributed by atoms with Crippen LogP contribution in [0.3, 0.4) is 0 Å². The van der Waals surface area contributed by atoms with Gasteiger partial charge in [-0.1, -0.05) is 67.6 Å². The van der Waals surface area contributed by atoms with Crippen molar-refractivity contribution in [2.75, 3.05) is 24.6 Å². The molecule has 0 aliphatic carbocycles. The molecule has 2 nitrogen and oxygen atoms in total. The highest BCUT2D eigenvalue weighted by molar-refractivity contribution is 5.45. The van der Waals surface area contributed by atoms with Crippen molar-refractivity contribution in [3.05, 3.63) is 96.1 Å². The molecule has 2 heteroatoms. The zero-order valence-electron chi connectivity index (χ0n) is 16.3. The Morgan fingerprint density at radius 3 is 2.07 bits per heavy atom. The van der Waals surface area contributed by atoms with E-state index < -0.39 is 0 Å². The van der Waals surface area contributed by atoms with E-state index in [2.05, 4.69) is 97.6 Å². The first-order valence-corrected chi connectivity index (χ1v) is 9.83. The Balaban J connectivity index is 1.50. The number of benzene rings is 3. The van der Waals surface area contributed by atoms with Crippen molar-refractivity contribution in [3.63, 3.8) is 0 Å². The van der Waals surface area contributed by atoms with Crippen molar-refractivity contribution in [3.8, 4) is 5.75 Å². The van der Waals surface area contributed by atoms with Crippen LogP contribution in [0.1, 0.15) is 30.9 Å². The zero-order chi connectivity index (χ0) is 18.9. The number of para-hydroxylation sites is 1. The van der Waals surface area contributed by atoms with Gasteiger partial charge in [-0.3, -0.25) is 0 Å². The van der Waals surface area contributed by atoms with E-state index in [-0.39, 0.29) is 0 Å². The van der Waals surface area contributed by atoms with E-state index in [4.69, 9.17) is 4.74 Å². The van der Waals surface area contributed by atoms with E-state index in [9.17, 15) is 0 Å². The second kappa shape index (κ2) is 9.82. The van der Waals surface area contributed by atoms with E-state index in [1.54, 1.807) is 0 Å². The molecule has 1 atom stereocenters. The molecule has 0 fully saturated rings. The van der Waals surface area contributed by atoms with Gasteiger partial charge in [-0.05, 0) is 54.7 Å². The van der Waals surface area contributed by atoms with Crippen LogP contribution in [0.5, 0.6) is 5.75 Å². The van der Waals surface area contributed by atoms with Crippen LogP contribution in [0.2, 0.25) is 0 Å². The van der Waals surface area contributed by atoms with Crippen LogP contribution in [0.15, 0.2) is 84.9 Å². The van der Waals surface area contributed by atoms with Crippen molar-refractivity contribution in [2.45, 2.75) is 26.2 Å². The first-order valence-electron chi connectivity index (χ1n) is 9.83. The van der Waals surface area contributed by atoms with E-state index in [0.29, 0.717) is 12.5 Å². The lowest BCUT2D eigenvalue weighted by atomic mass is 9.94. The quantitative estimate of drug-likeness (QED) is 0.469. The number of hydrogen-bond acceptors (Lipinski definition) is 2. The van der Waals surface area contributed by atoms with Gasteiger partial charge in [0.25, 0.3) is 0 Å². The summed E-state index contributed by atoms with van der Waals surface area (Å²) in [5, 5.41) is 0. The van der Waals surface area contributed by atoms with Gasteiger partial charge >= 0.3 is 0 Å². The summed E-state index contributed by atoms with van der Waals surface area (Å²) in [4.78, 5) is 2.33. The topological polar surface area (TPSA) is 12.5 Å². The molecule has 0 N–H and O–H groups in total. The van der Waals surface area contributed by atoms with Crippen molar-refractivity contribution >= 4 is 5.69 Å². The second-order valence-corrected chi connectivity index (χ2v) is 6.92. The summed E-state index contributed by atoms with van der Waals surface area (Å²) >= 11 is 0. The van der Waals surface area contributed by atoms with Crippen LogP contribution in [0.25, 0.3) is 0 Å². The summed E-state index contributed by atoms with van der Waals surface area (Å²) in [6.07, 6.45) is 1.06. The van der Waals surface area contributed by atoms with E-state index >= 15 is 0 Å². The summed E-state index contributed by atoms with van der Waals surface area (Å²) in [5.74, 6) is 1.44. The van der Waals surface area contributed by atoms with Crippen LogP contribution >= 0.6 is 0 Å². The van der Waals surface area contributed by atoms with E-state index in [1.165, 1.54) is 16.8 Å². The van der Waals surface area contributed by atoms with Gasteiger partial charge < -0.3 is 9.64 Å².